The van der Waals surface area contributed by atoms with Crippen LogP contribution in [-0.2, 0) is 10.3 Å². The summed E-state index contributed by atoms with van der Waals surface area (Å²) in [4.78, 5) is 4.01. The fourth-order valence-electron chi connectivity index (χ4n) is 2.65. The second-order valence-electron chi connectivity index (χ2n) is 4.87. The van der Waals surface area contributed by atoms with Crippen molar-refractivity contribution in [1.82, 2.24) is 0 Å². The van der Waals surface area contributed by atoms with Gasteiger partial charge in [-0.2, -0.15) is 0 Å². The molecule has 4 N–H and O–H groups in total. The Balaban J connectivity index is 2.20. The van der Waals surface area contributed by atoms with E-state index in [-0.39, 0.29) is 34.3 Å². The van der Waals surface area contributed by atoms with Crippen LogP contribution < -0.4 is 11.5 Å². The fraction of sp³-hybridized carbons (Fsp3) is 0.417. The Kier molecular flexibility index (Phi) is 2.60. The molecule has 0 saturated heterocycles. The third-order valence-electron chi connectivity index (χ3n) is 3.65. The summed E-state index contributed by atoms with van der Waals surface area (Å²) < 4.78 is 33.1. The SMILES string of the molecule is NC1=N[C@](CF)(c2cc(N)cc(Cl)c2F)[C@H]2C[C@H]2O1. The summed E-state index contributed by atoms with van der Waals surface area (Å²) in [5.41, 5.74) is 10.1. The molecule has 102 valence electrons. The van der Waals surface area contributed by atoms with Crippen LogP contribution >= 0.6 is 11.6 Å². The van der Waals surface area contributed by atoms with Crippen LogP contribution in [0.4, 0.5) is 14.5 Å². The first-order valence-corrected chi connectivity index (χ1v) is 6.18. The van der Waals surface area contributed by atoms with Gasteiger partial charge >= 0.3 is 0 Å². The van der Waals surface area contributed by atoms with Crippen LogP contribution in [0.25, 0.3) is 0 Å². The Bertz CT molecular complexity index is 580. The van der Waals surface area contributed by atoms with E-state index in [4.69, 9.17) is 27.8 Å². The van der Waals surface area contributed by atoms with E-state index in [0.717, 1.165) is 0 Å². The van der Waals surface area contributed by atoms with Gasteiger partial charge in [0.15, 0.2) is 0 Å². The first kappa shape index (κ1) is 12.5. The molecule has 3 atom stereocenters. The van der Waals surface area contributed by atoms with E-state index in [1.165, 1.54) is 12.1 Å². The minimum absolute atomic E-state index is 0.0405. The number of ether oxygens (including phenoxy) is 1. The number of hydrogen-bond donors (Lipinski definition) is 2. The van der Waals surface area contributed by atoms with Gasteiger partial charge in [0.2, 0.25) is 0 Å². The summed E-state index contributed by atoms with van der Waals surface area (Å²) in [7, 11) is 0. The average Bonchev–Trinajstić information content (AvgIpc) is 3.12. The van der Waals surface area contributed by atoms with E-state index >= 15 is 0 Å². The van der Waals surface area contributed by atoms with E-state index in [1.54, 1.807) is 0 Å². The number of hydrogen-bond acceptors (Lipinski definition) is 4. The Hall–Kier alpha value is -1.56. The first-order chi connectivity index (χ1) is 8.98. The highest BCUT2D eigenvalue weighted by atomic mass is 35.5. The molecule has 0 spiro atoms. The minimum Gasteiger partial charge on any atom is -0.462 e. The van der Waals surface area contributed by atoms with Gasteiger partial charge in [-0.25, -0.2) is 13.8 Å². The van der Waals surface area contributed by atoms with Crippen molar-refractivity contribution in [1.29, 1.82) is 0 Å². The number of nitrogens with zero attached hydrogens (tertiary/aromatic N) is 1. The second-order valence-corrected chi connectivity index (χ2v) is 5.28. The zero-order valence-corrected chi connectivity index (χ0v) is 10.6. The molecule has 0 unspecified atom stereocenters. The van der Waals surface area contributed by atoms with E-state index in [2.05, 4.69) is 4.99 Å². The Morgan fingerprint density at radius 2 is 2.21 bits per heavy atom. The summed E-state index contributed by atoms with van der Waals surface area (Å²) in [5, 5.41) is -0.153. The molecular formula is C12H12ClF2N3O. The minimum atomic E-state index is -1.38. The number of anilines is 1. The molecule has 19 heavy (non-hydrogen) atoms. The maximum Gasteiger partial charge on any atom is 0.283 e. The number of nitrogens with two attached hydrogens (primary N) is 2. The molecule has 2 aliphatic rings. The number of alkyl halides is 1. The molecule has 3 rings (SSSR count). The molecule has 4 nitrogen and oxygen atoms in total. The molecule has 0 aromatic heterocycles. The van der Waals surface area contributed by atoms with Crippen molar-refractivity contribution in [2.75, 3.05) is 12.4 Å². The van der Waals surface area contributed by atoms with Crippen LogP contribution in [0.3, 0.4) is 0 Å². The molecule has 1 aromatic rings. The maximum absolute atomic E-state index is 14.2. The summed E-state index contributed by atoms with van der Waals surface area (Å²) >= 11 is 5.77. The molecule has 0 amide bonds. The lowest BCUT2D eigenvalue weighted by molar-refractivity contribution is 0.168. The number of aliphatic imine (C=N–C) groups is 1. The Labute approximate surface area is 113 Å². The van der Waals surface area contributed by atoms with Gasteiger partial charge in [0, 0.05) is 17.2 Å². The monoisotopic (exact) mass is 287 g/mol. The van der Waals surface area contributed by atoms with Crippen molar-refractivity contribution in [2.24, 2.45) is 16.6 Å². The zero-order chi connectivity index (χ0) is 13.8. The van der Waals surface area contributed by atoms with Gasteiger partial charge in [-0.1, -0.05) is 11.6 Å². The summed E-state index contributed by atoms with van der Waals surface area (Å²) in [6.45, 7) is -0.880. The van der Waals surface area contributed by atoms with Crippen LogP contribution in [-0.4, -0.2) is 18.8 Å². The molecule has 7 heteroatoms. The summed E-state index contributed by atoms with van der Waals surface area (Å²) in [6.07, 6.45) is 0.368. The lowest BCUT2D eigenvalue weighted by Gasteiger charge is -2.31. The third-order valence-corrected chi connectivity index (χ3v) is 3.92. The third kappa shape index (κ3) is 1.74. The highest BCUT2D eigenvalue weighted by Crippen LogP contribution is 2.54. The van der Waals surface area contributed by atoms with Gasteiger partial charge in [-0.05, 0) is 18.6 Å². The molecular weight excluding hydrogens is 276 g/mol. The van der Waals surface area contributed by atoms with Crippen molar-refractivity contribution in [3.63, 3.8) is 0 Å². The molecule has 1 saturated carbocycles. The van der Waals surface area contributed by atoms with Gasteiger partial charge in [0.1, 0.15) is 24.1 Å². The summed E-state index contributed by atoms with van der Waals surface area (Å²) in [5.74, 6) is -0.949. The van der Waals surface area contributed by atoms with E-state index in [0.29, 0.717) is 6.42 Å². The highest BCUT2D eigenvalue weighted by Gasteiger charge is 2.60. The van der Waals surface area contributed by atoms with Crippen LogP contribution in [0, 0.1) is 11.7 Å². The lowest BCUT2D eigenvalue weighted by atomic mass is 9.85. The number of fused-ring (bicyclic) bond motifs is 1. The van der Waals surface area contributed by atoms with Crippen molar-refractivity contribution >= 4 is 23.3 Å². The Morgan fingerprint density at radius 1 is 1.47 bits per heavy atom. The largest absolute Gasteiger partial charge is 0.462 e. The van der Waals surface area contributed by atoms with Crippen LogP contribution in [0.5, 0.6) is 0 Å². The number of benzene rings is 1. The topological polar surface area (TPSA) is 73.6 Å². The number of amidine groups is 1. The molecule has 1 heterocycles. The van der Waals surface area contributed by atoms with Crippen molar-refractivity contribution in [3.8, 4) is 0 Å². The lowest BCUT2D eigenvalue weighted by Crippen LogP contribution is -2.39. The molecule has 1 fully saturated rings. The van der Waals surface area contributed by atoms with Gasteiger partial charge in [0.05, 0.1) is 5.02 Å². The van der Waals surface area contributed by atoms with Gasteiger partial charge in [-0.15, -0.1) is 0 Å². The van der Waals surface area contributed by atoms with E-state index < -0.39 is 18.0 Å². The van der Waals surface area contributed by atoms with Crippen LogP contribution in [0.15, 0.2) is 17.1 Å². The zero-order valence-electron chi connectivity index (χ0n) is 9.87. The Morgan fingerprint density at radius 3 is 2.89 bits per heavy atom. The first-order valence-electron chi connectivity index (χ1n) is 5.81. The fourth-order valence-corrected chi connectivity index (χ4v) is 2.88. The molecule has 0 radical (unpaired) electrons. The van der Waals surface area contributed by atoms with Crippen LogP contribution in [0.2, 0.25) is 5.02 Å². The quantitative estimate of drug-likeness (QED) is 0.817. The van der Waals surface area contributed by atoms with Gasteiger partial charge in [-0.3, -0.25) is 0 Å². The predicted molar refractivity (Wildman–Crippen MR) is 68.1 cm³/mol. The molecule has 1 aliphatic carbocycles. The van der Waals surface area contributed by atoms with E-state index in [9.17, 15) is 8.78 Å². The average molecular weight is 288 g/mol. The maximum atomic E-state index is 14.2. The van der Waals surface area contributed by atoms with Crippen molar-refractivity contribution < 1.29 is 13.5 Å². The highest BCUT2D eigenvalue weighted by molar-refractivity contribution is 6.31. The van der Waals surface area contributed by atoms with E-state index in [1.807, 2.05) is 0 Å². The number of rotatable bonds is 2. The standard InChI is InChI=1S/C12H12ClF2N3O/c13-8-2-5(16)1-7(10(8)15)12(4-14)6-3-9(6)19-11(17)18-12/h1-2,6,9H,3-4,16H2,(H2,17,18)/t6-,9+,12-/m0/s1. The number of nitrogen functional groups attached to an aromatic ring is 1. The normalized spacial score (nSPS) is 32.3. The summed E-state index contributed by atoms with van der Waals surface area (Å²) in [6, 6.07) is 2.51. The van der Waals surface area contributed by atoms with Crippen molar-refractivity contribution in [2.45, 2.75) is 18.1 Å². The van der Waals surface area contributed by atoms with Crippen LogP contribution in [0.1, 0.15) is 12.0 Å². The van der Waals surface area contributed by atoms with Crippen molar-refractivity contribution in [3.05, 3.63) is 28.5 Å². The molecule has 1 aromatic carbocycles. The molecule has 0 bridgehead atoms. The van der Waals surface area contributed by atoms with Gasteiger partial charge < -0.3 is 16.2 Å². The number of halogens is 3. The van der Waals surface area contributed by atoms with Gasteiger partial charge in [0.25, 0.3) is 6.02 Å². The molecule has 1 aliphatic heterocycles. The second kappa shape index (κ2) is 3.96. The smallest absolute Gasteiger partial charge is 0.283 e. The predicted octanol–water partition coefficient (Wildman–Crippen LogP) is 1.96.